The van der Waals surface area contributed by atoms with Gasteiger partial charge >= 0.3 is 0 Å². The smallest absolute Gasteiger partial charge is 0.126 e. The molecule has 2 N–H and O–H groups in total. The number of hydrogen-bond acceptors (Lipinski definition) is 3. The molecule has 0 aromatic rings. The number of rotatable bonds is 3. The van der Waals surface area contributed by atoms with E-state index in [4.69, 9.17) is 0 Å². The van der Waals surface area contributed by atoms with E-state index in [0.29, 0.717) is 29.6 Å². The summed E-state index contributed by atoms with van der Waals surface area (Å²) in [6.07, 6.45) is 12.3. The Morgan fingerprint density at radius 1 is 0.879 bits per heavy atom. The van der Waals surface area contributed by atoms with Gasteiger partial charge in [0, 0.05) is 5.41 Å². The van der Waals surface area contributed by atoms with E-state index in [1.54, 1.807) is 0 Å². The van der Waals surface area contributed by atoms with Gasteiger partial charge in [-0.05, 0) is 121 Å². The van der Waals surface area contributed by atoms with Gasteiger partial charge in [0.15, 0.2) is 0 Å². The second kappa shape index (κ2) is 7.42. The number of aliphatic hydroxyl groups excluding tert-OH is 2. The lowest BCUT2D eigenvalue weighted by molar-refractivity contribution is -0.245. The summed E-state index contributed by atoms with van der Waals surface area (Å²) in [5.74, 6) is 2.44. The largest absolute Gasteiger partial charge is 0.393 e. The molecule has 5 rings (SSSR count). The van der Waals surface area contributed by atoms with Crippen LogP contribution in [0.15, 0.2) is 12.2 Å². The monoisotopic (exact) mass is 456 g/mol. The molecule has 5 fully saturated rings. The predicted octanol–water partition coefficient (Wildman–Crippen LogP) is 6.18. The van der Waals surface area contributed by atoms with Crippen molar-refractivity contribution in [1.82, 2.24) is 0 Å². The summed E-state index contributed by atoms with van der Waals surface area (Å²) in [4.78, 5) is 12.6. The van der Waals surface area contributed by atoms with Crippen LogP contribution in [0, 0.1) is 56.7 Å². The van der Waals surface area contributed by atoms with Crippen LogP contribution in [-0.2, 0) is 4.79 Å². The first-order valence-corrected chi connectivity index (χ1v) is 13.8. The van der Waals surface area contributed by atoms with Crippen LogP contribution in [0.1, 0.15) is 98.8 Å². The number of hydrogen-bond donors (Lipinski definition) is 2. The summed E-state index contributed by atoms with van der Waals surface area (Å²) in [7, 11) is 0. The average molecular weight is 457 g/mol. The first kappa shape index (κ1) is 24.0. The van der Waals surface area contributed by atoms with E-state index in [9.17, 15) is 15.0 Å². The van der Waals surface area contributed by atoms with Crippen LogP contribution in [0.2, 0.25) is 0 Å². The van der Waals surface area contributed by atoms with Crippen LogP contribution in [0.25, 0.3) is 0 Å². The van der Waals surface area contributed by atoms with Crippen molar-refractivity contribution >= 4 is 6.29 Å². The maximum absolute atomic E-state index is 12.6. The zero-order valence-corrected chi connectivity index (χ0v) is 21.8. The van der Waals surface area contributed by atoms with E-state index in [-0.39, 0.29) is 39.8 Å². The Labute approximate surface area is 201 Å². The van der Waals surface area contributed by atoms with Crippen LogP contribution in [0.3, 0.4) is 0 Å². The SMILES string of the molecule is C=C(CO)C1CCC2(C=O)CCC3(C)C(CCC4C5(C)CCC(O)C(C)(C)C5CCC43C)C12. The molecule has 0 amide bonds. The number of aldehydes is 1. The zero-order chi connectivity index (χ0) is 24.0. The van der Waals surface area contributed by atoms with E-state index < -0.39 is 0 Å². The Balaban J connectivity index is 1.55. The first-order chi connectivity index (χ1) is 15.4. The van der Waals surface area contributed by atoms with E-state index in [1.165, 1.54) is 32.0 Å². The fourth-order valence-corrected chi connectivity index (χ4v) is 11.4. The van der Waals surface area contributed by atoms with Gasteiger partial charge in [0.2, 0.25) is 0 Å². The van der Waals surface area contributed by atoms with Crippen molar-refractivity contribution in [2.45, 2.75) is 105 Å². The summed E-state index contributed by atoms with van der Waals surface area (Å²) in [5.41, 5.74) is 1.52. The van der Waals surface area contributed by atoms with Crippen molar-refractivity contribution in [3.63, 3.8) is 0 Å². The molecule has 0 saturated heterocycles. The lowest BCUT2D eigenvalue weighted by Gasteiger charge is -2.72. The molecule has 0 aromatic carbocycles. The molecule has 0 bridgehead atoms. The molecule has 5 aliphatic carbocycles. The Morgan fingerprint density at radius 3 is 2.27 bits per heavy atom. The highest BCUT2D eigenvalue weighted by atomic mass is 16.3. The van der Waals surface area contributed by atoms with Gasteiger partial charge in [0.05, 0.1) is 12.7 Å². The summed E-state index contributed by atoms with van der Waals surface area (Å²) in [6.45, 7) is 16.7. The lowest BCUT2D eigenvalue weighted by atomic mass is 9.32. The van der Waals surface area contributed by atoms with Crippen molar-refractivity contribution in [2.24, 2.45) is 56.7 Å². The van der Waals surface area contributed by atoms with Crippen molar-refractivity contribution < 1.29 is 15.0 Å². The highest BCUT2D eigenvalue weighted by Gasteiger charge is 2.70. The predicted molar refractivity (Wildman–Crippen MR) is 132 cm³/mol. The lowest BCUT2D eigenvalue weighted by Crippen LogP contribution is -2.66. The highest BCUT2D eigenvalue weighted by Crippen LogP contribution is 2.77. The average Bonchev–Trinajstić information content (AvgIpc) is 3.17. The second-order valence-electron chi connectivity index (χ2n) is 14.4. The van der Waals surface area contributed by atoms with Gasteiger partial charge in [0.1, 0.15) is 6.29 Å². The summed E-state index contributed by atoms with van der Waals surface area (Å²) in [6, 6.07) is 0. The van der Waals surface area contributed by atoms with Crippen LogP contribution >= 0.6 is 0 Å². The quantitative estimate of drug-likeness (QED) is 0.394. The van der Waals surface area contributed by atoms with E-state index in [1.807, 2.05) is 0 Å². The molecule has 3 nitrogen and oxygen atoms in total. The Hall–Kier alpha value is -0.670. The van der Waals surface area contributed by atoms with Gasteiger partial charge in [-0.3, -0.25) is 0 Å². The number of carbonyl (C=O) groups is 1. The Kier molecular flexibility index (Phi) is 5.40. The number of aliphatic hydroxyl groups is 2. The number of carbonyl (C=O) groups excluding carboxylic acids is 1. The third kappa shape index (κ3) is 2.85. The summed E-state index contributed by atoms with van der Waals surface area (Å²) < 4.78 is 0. The number of fused-ring (bicyclic) bond motifs is 7. The molecular weight excluding hydrogens is 408 g/mol. The van der Waals surface area contributed by atoms with Crippen LogP contribution in [0.4, 0.5) is 0 Å². The third-order valence-corrected chi connectivity index (χ3v) is 13.4. The van der Waals surface area contributed by atoms with E-state index in [2.05, 4.69) is 41.2 Å². The van der Waals surface area contributed by atoms with Gasteiger partial charge in [-0.15, -0.1) is 0 Å². The van der Waals surface area contributed by atoms with Crippen molar-refractivity contribution in [3.05, 3.63) is 12.2 Å². The maximum Gasteiger partial charge on any atom is 0.126 e. The van der Waals surface area contributed by atoms with Crippen LogP contribution in [-0.4, -0.2) is 29.2 Å². The molecule has 10 unspecified atom stereocenters. The highest BCUT2D eigenvalue weighted by molar-refractivity contribution is 5.62. The summed E-state index contributed by atoms with van der Waals surface area (Å²) >= 11 is 0. The fraction of sp³-hybridized carbons (Fsp3) is 0.900. The molecule has 0 heterocycles. The molecule has 0 radical (unpaired) electrons. The first-order valence-electron chi connectivity index (χ1n) is 13.8. The minimum atomic E-state index is -0.200. The molecule has 186 valence electrons. The minimum Gasteiger partial charge on any atom is -0.393 e. The van der Waals surface area contributed by atoms with Crippen molar-refractivity contribution in [3.8, 4) is 0 Å². The van der Waals surface area contributed by atoms with Gasteiger partial charge in [-0.25, -0.2) is 0 Å². The molecule has 0 spiro atoms. The third-order valence-electron chi connectivity index (χ3n) is 13.4. The normalized spacial score (nSPS) is 55.0. The van der Waals surface area contributed by atoms with E-state index >= 15 is 0 Å². The van der Waals surface area contributed by atoms with Crippen LogP contribution in [0.5, 0.6) is 0 Å². The Morgan fingerprint density at radius 2 is 1.61 bits per heavy atom. The topological polar surface area (TPSA) is 57.5 Å². The molecule has 0 aliphatic heterocycles. The minimum absolute atomic E-state index is 0.0132. The zero-order valence-electron chi connectivity index (χ0n) is 21.8. The van der Waals surface area contributed by atoms with Crippen molar-refractivity contribution in [2.75, 3.05) is 6.61 Å². The maximum atomic E-state index is 12.6. The van der Waals surface area contributed by atoms with E-state index in [0.717, 1.165) is 44.1 Å². The van der Waals surface area contributed by atoms with Gasteiger partial charge in [-0.2, -0.15) is 0 Å². The molecule has 3 heteroatoms. The van der Waals surface area contributed by atoms with Crippen molar-refractivity contribution in [1.29, 1.82) is 0 Å². The van der Waals surface area contributed by atoms with Crippen LogP contribution < -0.4 is 0 Å². The van der Waals surface area contributed by atoms with Gasteiger partial charge < -0.3 is 15.0 Å². The van der Waals surface area contributed by atoms with Gasteiger partial charge in [-0.1, -0.05) is 41.2 Å². The standard InChI is InChI=1S/C30H48O3/c1-19(17-31)20-9-14-30(18-32)16-15-28(5)21(25(20)30)7-8-23-27(4)12-11-24(33)26(2,3)22(27)10-13-29(23,28)6/h18,20-25,31,33H,1,7-17H2,2-6H3. The molecule has 5 aliphatic rings. The summed E-state index contributed by atoms with van der Waals surface area (Å²) in [5, 5.41) is 20.9. The molecular formula is C30H48O3. The Bertz CT molecular complexity index is 832. The fourth-order valence-electron chi connectivity index (χ4n) is 11.4. The molecule has 10 atom stereocenters. The second-order valence-corrected chi connectivity index (χ2v) is 14.4. The molecule has 33 heavy (non-hydrogen) atoms. The molecule has 5 saturated carbocycles. The molecule has 0 aromatic heterocycles. The van der Waals surface area contributed by atoms with Gasteiger partial charge in [0.25, 0.3) is 0 Å².